The van der Waals surface area contributed by atoms with Crippen molar-refractivity contribution in [2.24, 2.45) is 0 Å². The van der Waals surface area contributed by atoms with Crippen LogP contribution in [0.25, 0.3) is 9.88 Å². The van der Waals surface area contributed by atoms with Crippen molar-refractivity contribution in [1.82, 2.24) is 15.2 Å². The van der Waals surface area contributed by atoms with Crippen LogP contribution in [0.4, 0.5) is 0 Å². The molecule has 0 radical (unpaired) electrons. The first kappa shape index (κ1) is 22.7. The molecule has 140 valence electrons. The zero-order valence-electron chi connectivity index (χ0n) is 13.9. The molecule has 0 aromatic carbocycles. The Bertz CT molecular complexity index is 671. The molecule has 0 saturated carbocycles. The lowest BCUT2D eigenvalue weighted by Gasteiger charge is -2.28. The topological polar surface area (TPSA) is 45.2 Å². The lowest BCUT2D eigenvalue weighted by atomic mass is 10.2. The molecule has 1 saturated heterocycles. The predicted octanol–water partition coefficient (Wildman–Crippen LogP) is 4.51. The van der Waals surface area contributed by atoms with Gasteiger partial charge in [0.15, 0.2) is 0 Å². The highest BCUT2D eigenvalue weighted by atomic mass is 35.5. The molecule has 2 aromatic rings. The Labute approximate surface area is 173 Å². The Morgan fingerprint density at radius 2 is 2.24 bits per heavy atom. The van der Waals surface area contributed by atoms with Crippen LogP contribution in [0.5, 0.6) is 0 Å². The van der Waals surface area contributed by atoms with Gasteiger partial charge in [-0.3, -0.25) is 4.79 Å². The summed E-state index contributed by atoms with van der Waals surface area (Å²) in [7, 11) is 0. The monoisotopic (exact) mass is 441 g/mol. The maximum atomic E-state index is 12.7. The summed E-state index contributed by atoms with van der Waals surface area (Å²) < 4.78 is 0.760. The van der Waals surface area contributed by atoms with Crippen molar-refractivity contribution < 1.29 is 4.79 Å². The van der Waals surface area contributed by atoms with E-state index in [1.165, 1.54) is 11.3 Å². The summed E-state index contributed by atoms with van der Waals surface area (Å²) in [5.74, 6) is 0.182. The second-order valence-corrected chi connectivity index (χ2v) is 8.23. The van der Waals surface area contributed by atoms with Gasteiger partial charge in [0.05, 0.1) is 21.3 Å². The summed E-state index contributed by atoms with van der Waals surface area (Å²) in [5.41, 5.74) is 0.853. The number of rotatable bonds is 6. The van der Waals surface area contributed by atoms with E-state index in [9.17, 15) is 4.79 Å². The summed E-state index contributed by atoms with van der Waals surface area (Å²) in [6.45, 7) is 4.84. The number of hydrogen-bond donors (Lipinski definition) is 1. The number of thiazole rings is 1. The minimum absolute atomic E-state index is 0. The fourth-order valence-corrected chi connectivity index (χ4v) is 4.78. The Morgan fingerprint density at radius 3 is 2.84 bits per heavy atom. The van der Waals surface area contributed by atoms with E-state index in [0.29, 0.717) is 12.5 Å². The molecule has 1 N–H and O–H groups in total. The number of carbonyl (C=O) groups excluding carboxylic acids is 1. The summed E-state index contributed by atoms with van der Waals surface area (Å²) in [6, 6.07) is 4.19. The number of nitrogens with one attached hydrogen (secondary N) is 1. The van der Waals surface area contributed by atoms with Crippen LogP contribution in [0, 0.1) is 0 Å². The van der Waals surface area contributed by atoms with E-state index >= 15 is 0 Å². The van der Waals surface area contributed by atoms with Crippen molar-refractivity contribution in [2.75, 3.05) is 19.6 Å². The summed E-state index contributed by atoms with van der Waals surface area (Å²) in [4.78, 5) is 20.4. The van der Waals surface area contributed by atoms with Crippen LogP contribution in [-0.2, 0) is 11.2 Å². The Hall–Kier alpha value is -0.370. The summed E-state index contributed by atoms with van der Waals surface area (Å²) >= 11 is 9.07. The third kappa shape index (κ3) is 5.81. The molecule has 0 bridgehead atoms. The fraction of sp³-hybridized carbons (Fsp3) is 0.500. The van der Waals surface area contributed by atoms with E-state index in [0.717, 1.165) is 52.4 Å². The van der Waals surface area contributed by atoms with Crippen molar-refractivity contribution >= 4 is 65.0 Å². The molecule has 3 heterocycles. The zero-order valence-corrected chi connectivity index (χ0v) is 17.9. The molecule has 0 aliphatic carbocycles. The largest absolute Gasteiger partial charge is 0.338 e. The summed E-state index contributed by atoms with van der Waals surface area (Å²) in [5, 5.41) is 6.26. The van der Waals surface area contributed by atoms with Gasteiger partial charge in [-0.15, -0.1) is 47.5 Å². The molecule has 1 atom stereocenters. The van der Waals surface area contributed by atoms with Gasteiger partial charge in [0.2, 0.25) is 5.91 Å². The van der Waals surface area contributed by atoms with Crippen molar-refractivity contribution in [3.63, 3.8) is 0 Å². The highest BCUT2D eigenvalue weighted by molar-refractivity contribution is 7.23. The molecule has 2 aromatic heterocycles. The highest BCUT2D eigenvalue weighted by Crippen LogP contribution is 2.33. The molecule has 1 amide bonds. The average Bonchev–Trinajstić information content (AvgIpc) is 3.25. The van der Waals surface area contributed by atoms with Gasteiger partial charge in [0.1, 0.15) is 5.01 Å². The standard InChI is InChI=1S/C16H20ClN3OS2.2ClH/c1-2-7-20(12-5-6-18-9-12)15(21)8-11-10-22-16(19-11)13-3-4-14(17)23-13;;/h3-4,10,12,18H,2,5-9H2,1H3;2*1H. The lowest BCUT2D eigenvalue weighted by molar-refractivity contribution is -0.132. The van der Waals surface area contributed by atoms with Crippen molar-refractivity contribution in [2.45, 2.75) is 32.2 Å². The molecule has 1 fully saturated rings. The van der Waals surface area contributed by atoms with Crippen molar-refractivity contribution in [1.29, 1.82) is 0 Å². The molecule has 1 aliphatic rings. The first-order valence-electron chi connectivity index (χ1n) is 7.87. The number of carbonyl (C=O) groups is 1. The van der Waals surface area contributed by atoms with Crippen molar-refractivity contribution in [3.8, 4) is 9.88 Å². The molecule has 1 unspecified atom stereocenters. The van der Waals surface area contributed by atoms with Gasteiger partial charge in [-0.2, -0.15) is 0 Å². The van der Waals surface area contributed by atoms with Crippen LogP contribution in [0.15, 0.2) is 17.5 Å². The van der Waals surface area contributed by atoms with E-state index in [1.807, 2.05) is 22.4 Å². The van der Waals surface area contributed by atoms with Crippen molar-refractivity contribution in [3.05, 3.63) is 27.5 Å². The van der Waals surface area contributed by atoms with Crippen LogP contribution < -0.4 is 5.32 Å². The molecular formula is C16H22Cl3N3OS2. The maximum absolute atomic E-state index is 12.7. The Balaban J connectivity index is 0.00000156. The maximum Gasteiger partial charge on any atom is 0.228 e. The van der Waals surface area contributed by atoms with Gasteiger partial charge >= 0.3 is 0 Å². The average molecular weight is 443 g/mol. The number of halogens is 3. The third-order valence-electron chi connectivity index (χ3n) is 3.93. The fourth-order valence-electron chi connectivity index (χ4n) is 2.84. The van der Waals surface area contributed by atoms with E-state index in [1.54, 1.807) is 11.3 Å². The van der Waals surface area contributed by atoms with Gasteiger partial charge < -0.3 is 10.2 Å². The molecule has 25 heavy (non-hydrogen) atoms. The van der Waals surface area contributed by atoms with Gasteiger partial charge in [0, 0.05) is 24.5 Å². The van der Waals surface area contributed by atoms with Crippen LogP contribution in [-0.4, -0.2) is 41.5 Å². The number of amides is 1. The predicted molar refractivity (Wildman–Crippen MR) is 112 cm³/mol. The van der Waals surface area contributed by atoms with Gasteiger partial charge in [-0.05, 0) is 31.5 Å². The molecule has 4 nitrogen and oxygen atoms in total. The van der Waals surface area contributed by atoms with Gasteiger partial charge in [-0.1, -0.05) is 18.5 Å². The second kappa shape index (κ2) is 10.7. The molecule has 0 spiro atoms. The SMILES string of the molecule is CCCN(C(=O)Cc1csc(-c2ccc(Cl)s2)n1)C1CCNC1.Cl.Cl. The van der Waals surface area contributed by atoms with Gasteiger partial charge in [-0.25, -0.2) is 4.98 Å². The van der Waals surface area contributed by atoms with E-state index in [4.69, 9.17) is 11.6 Å². The quantitative estimate of drug-likeness (QED) is 0.716. The summed E-state index contributed by atoms with van der Waals surface area (Å²) in [6.07, 6.45) is 2.41. The lowest BCUT2D eigenvalue weighted by Crippen LogP contribution is -2.42. The van der Waals surface area contributed by atoms with E-state index in [-0.39, 0.29) is 30.7 Å². The zero-order chi connectivity index (χ0) is 16.2. The normalized spacial score (nSPS) is 16.2. The number of nitrogens with zero attached hydrogens (tertiary/aromatic N) is 2. The highest BCUT2D eigenvalue weighted by Gasteiger charge is 2.26. The van der Waals surface area contributed by atoms with E-state index in [2.05, 4.69) is 17.2 Å². The Kier molecular flexibility index (Phi) is 9.70. The molecular weight excluding hydrogens is 421 g/mol. The Morgan fingerprint density at radius 1 is 1.44 bits per heavy atom. The van der Waals surface area contributed by atoms with Crippen LogP contribution in [0.3, 0.4) is 0 Å². The number of aromatic nitrogens is 1. The third-order valence-corrected chi connectivity index (χ3v) is 6.22. The van der Waals surface area contributed by atoms with Crippen LogP contribution >= 0.6 is 59.1 Å². The van der Waals surface area contributed by atoms with Gasteiger partial charge in [0.25, 0.3) is 0 Å². The smallest absolute Gasteiger partial charge is 0.228 e. The van der Waals surface area contributed by atoms with E-state index < -0.39 is 0 Å². The first-order valence-corrected chi connectivity index (χ1v) is 9.95. The van der Waals surface area contributed by atoms with Crippen LogP contribution in [0.2, 0.25) is 4.34 Å². The second-order valence-electron chi connectivity index (χ2n) is 5.66. The van der Waals surface area contributed by atoms with Crippen LogP contribution in [0.1, 0.15) is 25.5 Å². The molecule has 9 heteroatoms. The molecule has 1 aliphatic heterocycles. The molecule has 3 rings (SSSR count). The number of hydrogen-bond acceptors (Lipinski definition) is 5. The minimum atomic E-state index is 0. The number of thiophene rings is 1. The first-order chi connectivity index (χ1) is 11.2. The minimum Gasteiger partial charge on any atom is -0.338 e.